The molecule has 29 heavy (non-hydrogen) atoms. The highest BCUT2D eigenvalue weighted by atomic mass is 16.6. The lowest BCUT2D eigenvalue weighted by Gasteiger charge is -2.20. The SMILES string of the molecule is CC(C)CNC(=O)[C@H](Cc1ccccc1)NC(=O)[C@H]1CC(c2ccccc2)=NO1. The molecule has 6 nitrogen and oxygen atoms in total. The third-order valence-corrected chi connectivity index (χ3v) is 4.67. The number of oxime groups is 1. The number of carbonyl (C=O) groups excluding carboxylic acids is 2. The van der Waals surface area contributed by atoms with Crippen molar-refractivity contribution in [2.45, 2.75) is 38.8 Å². The van der Waals surface area contributed by atoms with Gasteiger partial charge in [-0.25, -0.2) is 0 Å². The molecule has 0 spiro atoms. The summed E-state index contributed by atoms with van der Waals surface area (Å²) in [4.78, 5) is 30.8. The smallest absolute Gasteiger partial charge is 0.265 e. The van der Waals surface area contributed by atoms with Crippen LogP contribution in [0.2, 0.25) is 0 Å². The fourth-order valence-electron chi connectivity index (χ4n) is 3.07. The number of nitrogens with one attached hydrogen (secondary N) is 2. The van der Waals surface area contributed by atoms with Crippen molar-refractivity contribution in [3.8, 4) is 0 Å². The standard InChI is InChI=1S/C23H27N3O3/c1-16(2)15-24-22(27)20(13-17-9-5-3-6-10-17)25-23(28)21-14-19(26-29-21)18-11-7-4-8-12-18/h3-12,16,20-21H,13-15H2,1-2H3,(H,24,27)(H,25,28)/t20-,21+/m0/s1. The second kappa shape index (κ2) is 9.87. The maximum Gasteiger partial charge on any atom is 0.265 e. The second-order valence-corrected chi connectivity index (χ2v) is 7.59. The number of hydrogen-bond acceptors (Lipinski definition) is 4. The Morgan fingerprint density at radius 3 is 2.38 bits per heavy atom. The molecule has 0 saturated heterocycles. The summed E-state index contributed by atoms with van der Waals surface area (Å²) in [5.74, 6) is -0.203. The van der Waals surface area contributed by atoms with Crippen LogP contribution in [0.1, 0.15) is 31.4 Å². The average molecular weight is 393 g/mol. The Morgan fingerprint density at radius 1 is 1.07 bits per heavy atom. The molecule has 0 radical (unpaired) electrons. The van der Waals surface area contributed by atoms with Crippen molar-refractivity contribution in [1.29, 1.82) is 0 Å². The molecule has 0 bridgehead atoms. The molecule has 3 rings (SSSR count). The molecular formula is C23H27N3O3. The lowest BCUT2D eigenvalue weighted by atomic mass is 10.0. The summed E-state index contributed by atoms with van der Waals surface area (Å²) in [6.45, 7) is 4.61. The molecule has 0 aromatic heterocycles. The highest BCUT2D eigenvalue weighted by Crippen LogP contribution is 2.17. The van der Waals surface area contributed by atoms with Crippen LogP contribution < -0.4 is 10.6 Å². The van der Waals surface area contributed by atoms with Crippen molar-refractivity contribution in [2.75, 3.05) is 6.54 Å². The fourth-order valence-corrected chi connectivity index (χ4v) is 3.07. The average Bonchev–Trinajstić information content (AvgIpc) is 3.23. The molecule has 0 unspecified atom stereocenters. The van der Waals surface area contributed by atoms with Crippen LogP contribution in [-0.4, -0.2) is 36.2 Å². The van der Waals surface area contributed by atoms with E-state index < -0.39 is 12.1 Å². The summed E-state index contributed by atoms with van der Waals surface area (Å²) < 4.78 is 0. The van der Waals surface area contributed by atoms with Crippen molar-refractivity contribution in [1.82, 2.24) is 10.6 Å². The molecule has 0 saturated carbocycles. The van der Waals surface area contributed by atoms with Gasteiger partial charge in [-0.1, -0.05) is 79.7 Å². The van der Waals surface area contributed by atoms with E-state index in [0.29, 0.717) is 25.3 Å². The van der Waals surface area contributed by atoms with Gasteiger partial charge in [0.15, 0.2) is 0 Å². The maximum atomic E-state index is 12.8. The largest absolute Gasteiger partial charge is 0.382 e. The second-order valence-electron chi connectivity index (χ2n) is 7.59. The molecule has 2 aromatic carbocycles. The fraction of sp³-hybridized carbons (Fsp3) is 0.348. The monoisotopic (exact) mass is 393 g/mol. The topological polar surface area (TPSA) is 79.8 Å². The van der Waals surface area contributed by atoms with Crippen molar-refractivity contribution in [2.24, 2.45) is 11.1 Å². The van der Waals surface area contributed by atoms with Crippen molar-refractivity contribution >= 4 is 17.5 Å². The first kappa shape index (κ1) is 20.6. The van der Waals surface area contributed by atoms with Gasteiger partial charge in [0.1, 0.15) is 6.04 Å². The summed E-state index contributed by atoms with van der Waals surface area (Å²) in [7, 11) is 0. The van der Waals surface area contributed by atoms with E-state index >= 15 is 0 Å². The van der Waals surface area contributed by atoms with E-state index in [4.69, 9.17) is 4.84 Å². The Morgan fingerprint density at radius 2 is 1.72 bits per heavy atom. The zero-order valence-electron chi connectivity index (χ0n) is 16.8. The van der Waals surface area contributed by atoms with E-state index in [2.05, 4.69) is 15.8 Å². The molecule has 2 amide bonds. The van der Waals surface area contributed by atoms with Gasteiger partial charge in [0.05, 0.1) is 5.71 Å². The summed E-state index contributed by atoms with van der Waals surface area (Å²) in [5, 5.41) is 9.82. The number of amides is 2. The van der Waals surface area contributed by atoms with Gasteiger partial charge in [-0.2, -0.15) is 0 Å². The van der Waals surface area contributed by atoms with Gasteiger partial charge in [0.2, 0.25) is 12.0 Å². The van der Waals surface area contributed by atoms with Crippen LogP contribution in [0.4, 0.5) is 0 Å². The predicted octanol–water partition coefficient (Wildman–Crippen LogP) is 2.68. The molecule has 2 aromatic rings. The molecule has 1 aliphatic heterocycles. The molecule has 2 N–H and O–H groups in total. The predicted molar refractivity (Wildman–Crippen MR) is 112 cm³/mol. The van der Waals surface area contributed by atoms with E-state index in [9.17, 15) is 9.59 Å². The first-order valence-electron chi connectivity index (χ1n) is 9.93. The van der Waals surface area contributed by atoms with E-state index in [1.807, 2.05) is 74.5 Å². The van der Waals surface area contributed by atoms with Gasteiger partial charge in [0, 0.05) is 19.4 Å². The van der Waals surface area contributed by atoms with E-state index in [0.717, 1.165) is 16.8 Å². The summed E-state index contributed by atoms with van der Waals surface area (Å²) in [5.41, 5.74) is 2.64. The van der Waals surface area contributed by atoms with Crippen LogP contribution in [0.15, 0.2) is 65.8 Å². The highest BCUT2D eigenvalue weighted by Gasteiger charge is 2.32. The quantitative estimate of drug-likeness (QED) is 0.724. The van der Waals surface area contributed by atoms with Crippen molar-refractivity contribution in [3.05, 3.63) is 71.8 Å². The normalized spacial score (nSPS) is 16.7. The minimum atomic E-state index is -0.735. The van der Waals surface area contributed by atoms with E-state index in [-0.39, 0.29) is 11.8 Å². The Bertz CT molecular complexity index is 850. The van der Waals surface area contributed by atoms with E-state index in [1.165, 1.54) is 0 Å². The maximum absolute atomic E-state index is 12.8. The van der Waals surface area contributed by atoms with E-state index in [1.54, 1.807) is 0 Å². The van der Waals surface area contributed by atoms with Gasteiger partial charge >= 0.3 is 0 Å². The first-order chi connectivity index (χ1) is 14.0. The number of carbonyl (C=O) groups is 2. The van der Waals surface area contributed by atoms with Crippen LogP contribution in [0.5, 0.6) is 0 Å². The third-order valence-electron chi connectivity index (χ3n) is 4.67. The van der Waals surface area contributed by atoms with Gasteiger partial charge in [-0.3, -0.25) is 9.59 Å². The molecule has 2 atom stereocenters. The van der Waals surface area contributed by atoms with Gasteiger partial charge in [-0.15, -0.1) is 0 Å². The Balaban J connectivity index is 1.63. The summed E-state index contributed by atoms with van der Waals surface area (Å²) >= 11 is 0. The molecular weight excluding hydrogens is 366 g/mol. The Kier molecular flexibility index (Phi) is 7.00. The molecule has 0 aliphatic carbocycles. The number of benzene rings is 2. The number of hydrogen-bond donors (Lipinski definition) is 2. The van der Waals surface area contributed by atoms with Gasteiger partial charge in [0.25, 0.3) is 5.91 Å². The summed E-state index contributed by atoms with van der Waals surface area (Å²) in [6, 6.07) is 18.6. The van der Waals surface area contributed by atoms with Crippen LogP contribution >= 0.6 is 0 Å². The summed E-state index contributed by atoms with van der Waals surface area (Å²) in [6.07, 6.45) is 0.0540. The molecule has 6 heteroatoms. The number of rotatable bonds is 8. The Labute approximate surface area is 171 Å². The van der Waals surface area contributed by atoms with Gasteiger partial charge < -0.3 is 15.5 Å². The third kappa shape index (κ3) is 5.91. The van der Waals surface area contributed by atoms with Crippen LogP contribution in [0.25, 0.3) is 0 Å². The lowest BCUT2D eigenvalue weighted by Crippen LogP contribution is -2.51. The zero-order chi connectivity index (χ0) is 20.6. The van der Waals surface area contributed by atoms with Crippen molar-refractivity contribution in [3.63, 3.8) is 0 Å². The number of nitrogens with zero attached hydrogens (tertiary/aromatic N) is 1. The van der Waals surface area contributed by atoms with Crippen LogP contribution in [0.3, 0.4) is 0 Å². The lowest BCUT2D eigenvalue weighted by molar-refractivity contribution is -0.135. The minimum absolute atomic E-state index is 0.196. The highest BCUT2D eigenvalue weighted by molar-refractivity contribution is 6.04. The Hall–Kier alpha value is -3.15. The van der Waals surface area contributed by atoms with Crippen molar-refractivity contribution < 1.29 is 14.4 Å². The zero-order valence-corrected chi connectivity index (χ0v) is 16.8. The molecule has 1 aliphatic rings. The van der Waals surface area contributed by atoms with Crippen LogP contribution in [-0.2, 0) is 20.8 Å². The molecule has 1 heterocycles. The minimum Gasteiger partial charge on any atom is -0.382 e. The first-order valence-corrected chi connectivity index (χ1v) is 9.93. The van der Waals surface area contributed by atoms with Crippen LogP contribution in [0, 0.1) is 5.92 Å². The molecule has 152 valence electrons. The van der Waals surface area contributed by atoms with Gasteiger partial charge in [-0.05, 0) is 17.0 Å². The molecule has 0 fully saturated rings.